The molecule has 2 aromatic carbocycles. The van der Waals surface area contributed by atoms with Crippen LogP contribution >= 0.6 is 0 Å². The molecule has 1 unspecified atom stereocenters. The number of ether oxygens (including phenoxy) is 1. The Balaban J connectivity index is 2.09. The van der Waals surface area contributed by atoms with Crippen LogP contribution in [0.4, 0.5) is 0 Å². The second-order valence-electron chi connectivity index (χ2n) is 8.64. The standard InChI is InChI=1S/C22H31NO2S/c1-21(2,3)20(23-26(24)22(4,5)6)18-12-14-19(15-13-18)25-16-17-10-8-7-9-11-17/h7-15,20,23H,16H2,1-6H3/t20-,26?/m1/s1. The van der Waals surface area contributed by atoms with Gasteiger partial charge in [0.1, 0.15) is 17.1 Å². The molecule has 2 rings (SSSR count). The van der Waals surface area contributed by atoms with Gasteiger partial charge in [-0.3, -0.25) is 0 Å². The fourth-order valence-electron chi connectivity index (χ4n) is 2.53. The van der Waals surface area contributed by atoms with E-state index in [0.717, 1.165) is 16.9 Å². The van der Waals surface area contributed by atoms with Gasteiger partial charge in [0.15, 0.2) is 0 Å². The molecule has 0 aliphatic rings. The normalized spacial score (nSPS) is 14.7. The predicted octanol–water partition coefficient (Wildman–Crippen LogP) is 5.40. The Bertz CT molecular complexity index is 672. The number of rotatable bonds is 6. The molecule has 2 atom stereocenters. The molecule has 3 nitrogen and oxygen atoms in total. The summed E-state index contributed by atoms with van der Waals surface area (Å²) >= 11 is -1.13. The topological polar surface area (TPSA) is 44.3 Å². The Morgan fingerprint density at radius 1 is 0.923 bits per heavy atom. The van der Waals surface area contributed by atoms with Gasteiger partial charge in [-0.05, 0) is 49.4 Å². The Hall–Kier alpha value is -1.49. The lowest BCUT2D eigenvalue weighted by Gasteiger charge is -2.35. The van der Waals surface area contributed by atoms with Crippen molar-refractivity contribution in [3.05, 3.63) is 65.7 Å². The van der Waals surface area contributed by atoms with Gasteiger partial charge in [0.2, 0.25) is 0 Å². The van der Waals surface area contributed by atoms with Crippen LogP contribution in [0.15, 0.2) is 54.6 Å². The van der Waals surface area contributed by atoms with E-state index < -0.39 is 11.4 Å². The highest BCUT2D eigenvalue weighted by Crippen LogP contribution is 2.35. The summed E-state index contributed by atoms with van der Waals surface area (Å²) in [6, 6.07) is 18.2. The average Bonchev–Trinajstić information content (AvgIpc) is 2.57. The van der Waals surface area contributed by atoms with E-state index in [2.05, 4.69) is 49.8 Å². The van der Waals surface area contributed by atoms with Crippen LogP contribution in [0.2, 0.25) is 0 Å². The van der Waals surface area contributed by atoms with Gasteiger partial charge >= 0.3 is 0 Å². The molecule has 0 aliphatic heterocycles. The van der Waals surface area contributed by atoms with Gasteiger partial charge in [0.25, 0.3) is 0 Å². The zero-order chi connectivity index (χ0) is 19.4. The van der Waals surface area contributed by atoms with Crippen LogP contribution in [-0.4, -0.2) is 9.30 Å². The first-order chi connectivity index (χ1) is 12.1. The minimum absolute atomic E-state index is 0.00858. The van der Waals surface area contributed by atoms with E-state index >= 15 is 0 Å². The first-order valence-corrected chi connectivity index (χ1v) is 10.2. The van der Waals surface area contributed by atoms with Crippen LogP contribution in [-0.2, 0) is 18.0 Å². The summed E-state index contributed by atoms with van der Waals surface area (Å²) in [5.74, 6) is 0.835. The summed E-state index contributed by atoms with van der Waals surface area (Å²) in [7, 11) is 0. The van der Waals surface area contributed by atoms with Crippen molar-refractivity contribution in [2.24, 2.45) is 5.41 Å². The highest BCUT2D eigenvalue weighted by atomic mass is 32.2. The zero-order valence-corrected chi connectivity index (χ0v) is 17.5. The summed E-state index contributed by atoms with van der Waals surface area (Å²) in [5, 5.41) is 0. The van der Waals surface area contributed by atoms with E-state index in [1.165, 1.54) is 0 Å². The fourth-order valence-corrected chi connectivity index (χ4v) is 3.58. The molecule has 2 aromatic rings. The molecule has 0 spiro atoms. The Morgan fingerprint density at radius 3 is 2.00 bits per heavy atom. The van der Waals surface area contributed by atoms with Crippen molar-refractivity contribution in [1.29, 1.82) is 0 Å². The van der Waals surface area contributed by atoms with E-state index in [4.69, 9.17) is 4.74 Å². The smallest absolute Gasteiger partial charge is 0.136 e. The third-order valence-corrected chi connectivity index (χ3v) is 5.67. The molecule has 26 heavy (non-hydrogen) atoms. The van der Waals surface area contributed by atoms with E-state index in [1.807, 2.05) is 51.1 Å². The first-order valence-electron chi connectivity index (χ1n) is 9.02. The van der Waals surface area contributed by atoms with Gasteiger partial charge in [-0.1, -0.05) is 63.2 Å². The van der Waals surface area contributed by atoms with Crippen molar-refractivity contribution in [3.63, 3.8) is 0 Å². The summed E-state index contributed by atoms with van der Waals surface area (Å²) in [4.78, 5) is 0. The van der Waals surface area contributed by atoms with Crippen LogP contribution in [0.25, 0.3) is 0 Å². The van der Waals surface area contributed by atoms with Gasteiger partial charge in [-0.15, -0.1) is 4.72 Å². The highest BCUT2D eigenvalue weighted by molar-refractivity contribution is 7.90. The van der Waals surface area contributed by atoms with Gasteiger partial charge < -0.3 is 9.29 Å². The predicted molar refractivity (Wildman–Crippen MR) is 110 cm³/mol. The van der Waals surface area contributed by atoms with Crippen molar-refractivity contribution in [3.8, 4) is 5.75 Å². The number of hydrogen-bond acceptors (Lipinski definition) is 3. The van der Waals surface area contributed by atoms with E-state index in [-0.39, 0.29) is 16.2 Å². The summed E-state index contributed by atoms with van der Waals surface area (Å²) in [5.41, 5.74) is 2.20. The van der Waals surface area contributed by atoms with Crippen molar-refractivity contribution < 1.29 is 9.29 Å². The van der Waals surface area contributed by atoms with Crippen LogP contribution in [0.1, 0.15) is 58.7 Å². The van der Waals surface area contributed by atoms with E-state index in [9.17, 15) is 4.55 Å². The molecular formula is C22H31NO2S. The molecule has 0 aromatic heterocycles. The molecule has 0 saturated carbocycles. The van der Waals surface area contributed by atoms with Crippen molar-refractivity contribution in [2.45, 2.75) is 58.9 Å². The molecule has 0 radical (unpaired) electrons. The minimum atomic E-state index is -1.13. The molecule has 4 heteroatoms. The lowest BCUT2D eigenvalue weighted by atomic mass is 9.83. The van der Waals surface area contributed by atoms with Gasteiger partial charge in [0.05, 0.1) is 6.04 Å². The summed E-state index contributed by atoms with van der Waals surface area (Å²) < 4.78 is 21.5. The molecule has 1 N–H and O–H groups in total. The second-order valence-corrected chi connectivity index (χ2v) is 10.6. The highest BCUT2D eigenvalue weighted by Gasteiger charge is 2.35. The molecular weight excluding hydrogens is 342 g/mol. The molecule has 142 valence electrons. The average molecular weight is 374 g/mol. The minimum Gasteiger partial charge on any atom is -0.598 e. The molecule has 0 heterocycles. The largest absolute Gasteiger partial charge is 0.598 e. The fraction of sp³-hybridized carbons (Fsp3) is 0.455. The molecule has 0 amide bonds. The third kappa shape index (κ3) is 6.04. The van der Waals surface area contributed by atoms with Gasteiger partial charge in [-0.25, -0.2) is 0 Å². The zero-order valence-electron chi connectivity index (χ0n) is 16.7. The quantitative estimate of drug-likeness (QED) is 0.689. The maximum Gasteiger partial charge on any atom is 0.136 e. The SMILES string of the molecule is CC(C)(C)[C@H](N[S+]([O-])C(C)(C)C)c1ccc(OCc2ccccc2)cc1. The lowest BCUT2D eigenvalue weighted by molar-refractivity contribution is 0.298. The third-order valence-electron chi connectivity index (χ3n) is 4.11. The molecule has 0 saturated heterocycles. The van der Waals surface area contributed by atoms with Crippen LogP contribution < -0.4 is 9.46 Å². The number of benzene rings is 2. The molecule has 0 fully saturated rings. The van der Waals surface area contributed by atoms with Crippen LogP contribution in [0, 0.1) is 5.41 Å². The van der Waals surface area contributed by atoms with Crippen molar-refractivity contribution in [2.75, 3.05) is 0 Å². The summed E-state index contributed by atoms with van der Waals surface area (Å²) in [6.45, 7) is 13.0. The monoisotopic (exact) mass is 373 g/mol. The van der Waals surface area contributed by atoms with Crippen LogP contribution in [0.3, 0.4) is 0 Å². The maximum absolute atomic E-state index is 12.6. The Morgan fingerprint density at radius 2 is 1.50 bits per heavy atom. The maximum atomic E-state index is 12.6. The van der Waals surface area contributed by atoms with Gasteiger partial charge in [0, 0.05) is 11.4 Å². The van der Waals surface area contributed by atoms with E-state index in [1.54, 1.807) is 0 Å². The first kappa shape index (κ1) is 20.8. The van der Waals surface area contributed by atoms with Gasteiger partial charge in [-0.2, -0.15) is 0 Å². The number of hydrogen-bond donors (Lipinski definition) is 1. The Kier molecular flexibility index (Phi) is 6.78. The van der Waals surface area contributed by atoms with Crippen LogP contribution in [0.5, 0.6) is 5.75 Å². The summed E-state index contributed by atoms with van der Waals surface area (Å²) in [6.07, 6.45) is 0. The lowest BCUT2D eigenvalue weighted by Crippen LogP contribution is -2.44. The number of nitrogens with one attached hydrogen (secondary N) is 1. The molecule has 0 aliphatic carbocycles. The van der Waals surface area contributed by atoms with Crippen molar-refractivity contribution in [1.82, 2.24) is 4.72 Å². The molecule has 0 bridgehead atoms. The Labute approximate surface area is 161 Å². The van der Waals surface area contributed by atoms with Crippen molar-refractivity contribution >= 4 is 11.4 Å². The van der Waals surface area contributed by atoms with E-state index in [0.29, 0.717) is 6.61 Å². The second kappa shape index (κ2) is 8.47.